The highest BCUT2D eigenvalue weighted by Gasteiger charge is 2.18. The number of hydrogen-bond acceptors (Lipinski definition) is 6. The van der Waals surface area contributed by atoms with Crippen molar-refractivity contribution in [2.75, 3.05) is 21.3 Å². The summed E-state index contributed by atoms with van der Waals surface area (Å²) in [6.07, 6.45) is 4.84. The van der Waals surface area contributed by atoms with E-state index in [0.717, 1.165) is 12.8 Å². The molecule has 0 saturated carbocycles. The monoisotopic (exact) mass is 360 g/mol. The molecule has 2 aromatic rings. The Labute approximate surface area is 150 Å². The Morgan fingerprint density at radius 2 is 1.96 bits per heavy atom. The third-order valence-electron chi connectivity index (χ3n) is 4.07. The number of thiophene rings is 1. The normalized spacial score (nSPS) is 12.9. The van der Waals surface area contributed by atoms with E-state index in [1.165, 1.54) is 23.1 Å². The van der Waals surface area contributed by atoms with Crippen LogP contribution < -0.4 is 19.6 Å². The van der Waals surface area contributed by atoms with E-state index in [0.29, 0.717) is 27.7 Å². The van der Waals surface area contributed by atoms with Gasteiger partial charge in [-0.25, -0.2) is 5.43 Å². The number of hydrazone groups is 1. The average Bonchev–Trinajstić information content (AvgIpc) is 3.22. The molecule has 1 amide bonds. The summed E-state index contributed by atoms with van der Waals surface area (Å²) in [5, 5.41) is 4.05. The van der Waals surface area contributed by atoms with Crippen molar-refractivity contribution in [3.63, 3.8) is 0 Å². The molecule has 1 aromatic heterocycles. The van der Waals surface area contributed by atoms with Gasteiger partial charge < -0.3 is 14.2 Å². The van der Waals surface area contributed by atoms with E-state index in [1.54, 1.807) is 44.8 Å². The number of carbonyl (C=O) groups is 1. The van der Waals surface area contributed by atoms with Crippen molar-refractivity contribution in [2.24, 2.45) is 5.10 Å². The number of nitrogens with zero attached hydrogens (tertiary/aromatic N) is 1. The quantitative estimate of drug-likeness (QED) is 0.635. The number of fused-ring (bicyclic) bond motifs is 1. The molecule has 0 radical (unpaired) electrons. The molecule has 7 heteroatoms. The second-order valence-corrected chi connectivity index (χ2v) is 6.67. The summed E-state index contributed by atoms with van der Waals surface area (Å²) in [4.78, 5) is 14.2. The van der Waals surface area contributed by atoms with Crippen molar-refractivity contribution in [3.8, 4) is 17.2 Å². The van der Waals surface area contributed by atoms with Gasteiger partial charge in [0.1, 0.15) is 0 Å². The van der Waals surface area contributed by atoms with E-state index < -0.39 is 0 Å². The van der Waals surface area contributed by atoms with Crippen LogP contribution in [-0.4, -0.2) is 33.5 Å². The molecule has 0 fully saturated rings. The van der Waals surface area contributed by atoms with Gasteiger partial charge in [-0.2, -0.15) is 5.10 Å². The van der Waals surface area contributed by atoms with Crippen molar-refractivity contribution in [3.05, 3.63) is 39.1 Å². The second kappa shape index (κ2) is 7.57. The summed E-state index contributed by atoms with van der Waals surface area (Å²) in [5.74, 6) is 1.34. The van der Waals surface area contributed by atoms with Crippen LogP contribution in [0.2, 0.25) is 0 Å². The van der Waals surface area contributed by atoms with Crippen LogP contribution in [0.15, 0.2) is 23.3 Å². The zero-order chi connectivity index (χ0) is 17.8. The summed E-state index contributed by atoms with van der Waals surface area (Å²) in [7, 11) is 4.64. The van der Waals surface area contributed by atoms with Crippen LogP contribution in [0.25, 0.3) is 0 Å². The number of amides is 1. The fraction of sp³-hybridized carbons (Fsp3) is 0.333. The predicted molar refractivity (Wildman–Crippen MR) is 97.5 cm³/mol. The lowest BCUT2D eigenvalue weighted by atomic mass is 10.2. The lowest BCUT2D eigenvalue weighted by Crippen LogP contribution is -2.16. The Balaban J connectivity index is 1.74. The average molecular weight is 360 g/mol. The number of ether oxygens (including phenoxy) is 3. The number of rotatable bonds is 6. The van der Waals surface area contributed by atoms with Crippen LogP contribution in [0.5, 0.6) is 17.2 Å². The van der Waals surface area contributed by atoms with Gasteiger partial charge in [0.25, 0.3) is 5.91 Å². The van der Waals surface area contributed by atoms with E-state index in [-0.39, 0.29) is 5.91 Å². The largest absolute Gasteiger partial charge is 0.493 e. The smallest absolute Gasteiger partial charge is 0.281 e. The third-order valence-corrected chi connectivity index (χ3v) is 5.31. The number of aryl methyl sites for hydroxylation is 2. The Hall–Kier alpha value is -2.54. The summed E-state index contributed by atoms with van der Waals surface area (Å²) in [6.45, 7) is 0. The van der Waals surface area contributed by atoms with Crippen molar-refractivity contribution in [1.82, 2.24) is 5.43 Å². The molecule has 1 N–H and O–H groups in total. The Kier molecular flexibility index (Phi) is 5.23. The summed E-state index contributed by atoms with van der Waals surface area (Å²) >= 11 is 1.55. The molecule has 0 bridgehead atoms. The first-order valence-electron chi connectivity index (χ1n) is 7.92. The number of nitrogens with one attached hydrogen (secondary N) is 1. The van der Waals surface area contributed by atoms with Crippen molar-refractivity contribution >= 4 is 23.5 Å². The van der Waals surface area contributed by atoms with Crippen LogP contribution in [-0.2, 0) is 12.8 Å². The fourth-order valence-corrected chi connectivity index (χ4v) is 4.03. The first-order chi connectivity index (χ1) is 12.2. The Morgan fingerprint density at radius 3 is 2.64 bits per heavy atom. The van der Waals surface area contributed by atoms with Crippen LogP contribution in [0.1, 0.15) is 32.1 Å². The highest BCUT2D eigenvalue weighted by molar-refractivity contribution is 7.14. The number of methoxy groups -OCH3 is 3. The third kappa shape index (κ3) is 3.46. The molecular weight excluding hydrogens is 340 g/mol. The number of benzene rings is 1. The molecule has 0 atom stereocenters. The van der Waals surface area contributed by atoms with Crippen LogP contribution in [0, 0.1) is 0 Å². The molecule has 6 nitrogen and oxygen atoms in total. The minimum absolute atomic E-state index is 0.199. The standard InChI is InChI=1S/C18H20N2O4S/c1-22-13-8-7-12(16(23-2)17(13)24-3)10-19-20-18(21)15-9-11-5-4-6-14(11)25-15/h7-10H,4-6H2,1-3H3,(H,20,21)/b19-10-. The first kappa shape index (κ1) is 17.3. The molecule has 1 aliphatic carbocycles. The van der Waals surface area contributed by atoms with Gasteiger partial charge in [0.05, 0.1) is 32.4 Å². The van der Waals surface area contributed by atoms with Gasteiger partial charge in [-0.15, -0.1) is 11.3 Å². The summed E-state index contributed by atoms with van der Waals surface area (Å²) < 4.78 is 16.0. The molecule has 0 aliphatic heterocycles. The lowest BCUT2D eigenvalue weighted by Gasteiger charge is -2.13. The molecule has 25 heavy (non-hydrogen) atoms. The van der Waals surface area contributed by atoms with Crippen molar-refractivity contribution in [2.45, 2.75) is 19.3 Å². The topological polar surface area (TPSA) is 69.2 Å². The lowest BCUT2D eigenvalue weighted by molar-refractivity contribution is 0.0959. The summed E-state index contributed by atoms with van der Waals surface area (Å²) in [6, 6.07) is 5.51. The van der Waals surface area contributed by atoms with E-state index in [4.69, 9.17) is 14.2 Å². The maximum absolute atomic E-state index is 12.2. The van der Waals surface area contributed by atoms with Gasteiger partial charge in [0.2, 0.25) is 5.75 Å². The minimum Gasteiger partial charge on any atom is -0.493 e. The molecule has 3 rings (SSSR count). The molecule has 0 saturated heterocycles. The molecular formula is C18H20N2O4S. The number of hydrogen-bond donors (Lipinski definition) is 1. The van der Waals surface area contributed by atoms with Gasteiger partial charge in [0.15, 0.2) is 11.5 Å². The van der Waals surface area contributed by atoms with E-state index in [2.05, 4.69) is 10.5 Å². The molecule has 0 unspecified atom stereocenters. The second-order valence-electron chi connectivity index (χ2n) is 5.54. The zero-order valence-corrected chi connectivity index (χ0v) is 15.2. The van der Waals surface area contributed by atoms with Crippen LogP contribution in [0.4, 0.5) is 0 Å². The van der Waals surface area contributed by atoms with Crippen molar-refractivity contribution < 1.29 is 19.0 Å². The Morgan fingerprint density at radius 1 is 1.16 bits per heavy atom. The maximum Gasteiger partial charge on any atom is 0.281 e. The van der Waals surface area contributed by atoms with Gasteiger partial charge in [-0.1, -0.05) is 0 Å². The number of carbonyl (C=O) groups excluding carboxylic acids is 1. The first-order valence-corrected chi connectivity index (χ1v) is 8.73. The van der Waals surface area contributed by atoms with Gasteiger partial charge in [0, 0.05) is 10.4 Å². The van der Waals surface area contributed by atoms with E-state index in [1.807, 2.05) is 6.07 Å². The van der Waals surface area contributed by atoms with E-state index in [9.17, 15) is 4.79 Å². The molecule has 132 valence electrons. The van der Waals surface area contributed by atoms with Gasteiger partial charge in [-0.3, -0.25) is 4.79 Å². The molecule has 1 heterocycles. The minimum atomic E-state index is -0.199. The van der Waals surface area contributed by atoms with Crippen molar-refractivity contribution in [1.29, 1.82) is 0 Å². The molecule has 1 aromatic carbocycles. The highest BCUT2D eigenvalue weighted by atomic mass is 32.1. The van der Waals surface area contributed by atoms with Gasteiger partial charge >= 0.3 is 0 Å². The Bertz CT molecular complexity index is 792. The molecule has 1 aliphatic rings. The highest BCUT2D eigenvalue weighted by Crippen LogP contribution is 2.39. The molecule has 0 spiro atoms. The SMILES string of the molecule is COc1ccc(/C=N\NC(=O)c2cc3c(s2)CCC3)c(OC)c1OC. The van der Waals surface area contributed by atoms with Crippen LogP contribution >= 0.6 is 11.3 Å². The maximum atomic E-state index is 12.2. The fourth-order valence-electron chi connectivity index (χ4n) is 2.88. The summed E-state index contributed by atoms with van der Waals surface area (Å²) in [5.41, 5.74) is 4.53. The zero-order valence-electron chi connectivity index (χ0n) is 14.4. The van der Waals surface area contributed by atoms with Gasteiger partial charge in [-0.05, 0) is 43.0 Å². The van der Waals surface area contributed by atoms with Crippen LogP contribution in [0.3, 0.4) is 0 Å². The van der Waals surface area contributed by atoms with E-state index >= 15 is 0 Å². The predicted octanol–water partition coefficient (Wildman–Crippen LogP) is 3.03.